The maximum atomic E-state index is 10.8. The van der Waals surface area contributed by atoms with Gasteiger partial charge < -0.3 is 5.73 Å². The number of rotatable bonds is 1. The van der Waals surface area contributed by atoms with Crippen LogP contribution in [-0.4, -0.2) is 14.9 Å². The largest absolute Gasteiger partial charge is 0.391 e. The van der Waals surface area contributed by atoms with E-state index in [1.165, 1.54) is 6.07 Å². The quantitative estimate of drug-likeness (QED) is 0.304. The predicted molar refractivity (Wildman–Crippen MR) is 68.1 cm³/mol. The summed E-state index contributed by atoms with van der Waals surface area (Å²) < 4.78 is 0. The van der Waals surface area contributed by atoms with Crippen LogP contribution in [0.2, 0.25) is 0 Å². The molecule has 3 rings (SSSR count). The van der Waals surface area contributed by atoms with E-state index in [0.29, 0.717) is 16.6 Å². The fraction of sp³-hybridized carbons (Fsp3) is 0. The lowest BCUT2D eigenvalue weighted by Gasteiger charge is -2.03. The highest BCUT2D eigenvalue weighted by molar-refractivity contribution is 5.96. The third-order valence-electron chi connectivity index (χ3n) is 2.72. The molecule has 6 heteroatoms. The number of hydrogen-bond donors (Lipinski definition) is 1. The minimum atomic E-state index is -0.522. The molecule has 0 spiro atoms. The van der Waals surface area contributed by atoms with Crippen molar-refractivity contribution in [1.29, 1.82) is 0 Å². The highest BCUT2D eigenvalue weighted by Crippen LogP contribution is 2.29. The normalized spacial score (nSPS) is 10.9. The Morgan fingerprint density at radius 3 is 2.33 bits per heavy atom. The van der Waals surface area contributed by atoms with E-state index in [-0.39, 0.29) is 11.4 Å². The summed E-state index contributed by atoms with van der Waals surface area (Å²) in [5.74, 6) is 0. The minimum Gasteiger partial charge on any atom is -0.391 e. The number of aromatic nitrogens is 2. The Bertz CT molecular complexity index is 785. The van der Waals surface area contributed by atoms with Crippen molar-refractivity contribution in [1.82, 2.24) is 9.97 Å². The van der Waals surface area contributed by atoms with Crippen LogP contribution >= 0.6 is 0 Å². The van der Waals surface area contributed by atoms with E-state index in [4.69, 9.17) is 5.73 Å². The van der Waals surface area contributed by atoms with E-state index >= 15 is 0 Å². The van der Waals surface area contributed by atoms with Crippen molar-refractivity contribution in [2.24, 2.45) is 0 Å². The third-order valence-corrected chi connectivity index (χ3v) is 2.72. The molecule has 0 fully saturated rings. The van der Waals surface area contributed by atoms with Crippen molar-refractivity contribution in [3.05, 3.63) is 46.5 Å². The van der Waals surface area contributed by atoms with Gasteiger partial charge in [-0.25, -0.2) is 9.97 Å². The summed E-state index contributed by atoms with van der Waals surface area (Å²) in [6.45, 7) is 0. The van der Waals surface area contributed by atoms with Crippen molar-refractivity contribution in [2.45, 2.75) is 0 Å². The van der Waals surface area contributed by atoms with Crippen molar-refractivity contribution in [3.8, 4) is 0 Å². The van der Waals surface area contributed by atoms with E-state index in [0.717, 1.165) is 5.52 Å². The van der Waals surface area contributed by atoms with Gasteiger partial charge in [-0.1, -0.05) is 12.1 Å². The molecule has 6 nitrogen and oxygen atoms in total. The summed E-state index contributed by atoms with van der Waals surface area (Å²) in [6, 6.07) is 10.2. The number of hydrogen-bond acceptors (Lipinski definition) is 5. The van der Waals surface area contributed by atoms with Gasteiger partial charge in [-0.15, -0.1) is 0 Å². The van der Waals surface area contributed by atoms with Gasteiger partial charge >= 0.3 is 0 Å². The number of anilines is 1. The van der Waals surface area contributed by atoms with E-state index in [1.54, 1.807) is 12.1 Å². The second-order valence-corrected chi connectivity index (χ2v) is 3.84. The van der Waals surface area contributed by atoms with Crippen molar-refractivity contribution in [3.63, 3.8) is 0 Å². The highest BCUT2D eigenvalue weighted by atomic mass is 16.6. The topological polar surface area (TPSA) is 94.9 Å². The molecule has 0 amide bonds. The SMILES string of the molecule is Nc1c([N+](=O)[O-])ccc2nc3ccccc3nc12. The number of benzene rings is 2. The van der Waals surface area contributed by atoms with Gasteiger partial charge in [0.25, 0.3) is 5.69 Å². The van der Waals surface area contributed by atoms with Crippen molar-refractivity contribution >= 4 is 33.4 Å². The lowest BCUT2D eigenvalue weighted by atomic mass is 10.2. The summed E-state index contributed by atoms with van der Waals surface area (Å²) in [6.07, 6.45) is 0. The number of nitrogen functional groups attached to an aromatic ring is 1. The predicted octanol–water partition coefficient (Wildman–Crippen LogP) is 2.27. The molecule has 0 saturated heterocycles. The molecule has 0 aliphatic carbocycles. The second kappa shape index (κ2) is 3.63. The maximum Gasteiger partial charge on any atom is 0.294 e. The van der Waals surface area contributed by atoms with E-state index in [1.807, 2.05) is 18.2 Å². The van der Waals surface area contributed by atoms with Crippen molar-refractivity contribution in [2.75, 3.05) is 5.73 Å². The Balaban J connectivity index is 2.44. The van der Waals surface area contributed by atoms with Crippen molar-refractivity contribution < 1.29 is 4.92 Å². The summed E-state index contributed by atoms with van der Waals surface area (Å²) in [4.78, 5) is 19.0. The molecule has 1 aromatic heterocycles. The Kier molecular flexibility index (Phi) is 2.09. The molecule has 0 bridgehead atoms. The van der Waals surface area contributed by atoms with Crippen LogP contribution < -0.4 is 5.73 Å². The first kappa shape index (κ1) is 10.4. The Morgan fingerprint density at radius 1 is 1.00 bits per heavy atom. The van der Waals surface area contributed by atoms with Gasteiger partial charge in [-0.2, -0.15) is 0 Å². The molecule has 0 aliphatic heterocycles. The molecule has 1 heterocycles. The Hall–Kier alpha value is -2.76. The number of nitrogens with zero attached hydrogens (tertiary/aromatic N) is 3. The van der Waals surface area contributed by atoms with Crippen LogP contribution in [0, 0.1) is 10.1 Å². The number of nitro groups is 1. The van der Waals surface area contributed by atoms with Crippen LogP contribution in [0.15, 0.2) is 36.4 Å². The number of fused-ring (bicyclic) bond motifs is 2. The van der Waals surface area contributed by atoms with E-state index in [9.17, 15) is 10.1 Å². The molecule has 18 heavy (non-hydrogen) atoms. The first-order chi connectivity index (χ1) is 8.66. The minimum absolute atomic E-state index is 0.0516. The summed E-state index contributed by atoms with van der Waals surface area (Å²) in [7, 11) is 0. The highest BCUT2D eigenvalue weighted by Gasteiger charge is 2.16. The van der Waals surface area contributed by atoms with Crippen LogP contribution in [0.25, 0.3) is 22.1 Å². The van der Waals surface area contributed by atoms with Gasteiger partial charge in [-0.3, -0.25) is 10.1 Å². The Morgan fingerprint density at radius 2 is 1.67 bits per heavy atom. The lowest BCUT2D eigenvalue weighted by Crippen LogP contribution is -1.99. The van der Waals surface area contributed by atoms with Crippen LogP contribution in [-0.2, 0) is 0 Å². The van der Waals surface area contributed by atoms with Crippen LogP contribution in [0.4, 0.5) is 11.4 Å². The van der Waals surface area contributed by atoms with Crippen LogP contribution in [0.3, 0.4) is 0 Å². The van der Waals surface area contributed by atoms with Crippen LogP contribution in [0.5, 0.6) is 0 Å². The molecule has 3 aromatic rings. The average Bonchev–Trinajstić information content (AvgIpc) is 2.37. The fourth-order valence-electron chi connectivity index (χ4n) is 1.86. The van der Waals surface area contributed by atoms with Gasteiger partial charge in [0.2, 0.25) is 0 Å². The molecule has 2 N–H and O–H groups in total. The zero-order valence-corrected chi connectivity index (χ0v) is 9.20. The maximum absolute atomic E-state index is 10.8. The molecular formula is C12H8N4O2. The van der Waals surface area contributed by atoms with Gasteiger partial charge in [0.1, 0.15) is 11.2 Å². The molecule has 2 aromatic carbocycles. The monoisotopic (exact) mass is 240 g/mol. The molecule has 0 aliphatic rings. The van der Waals surface area contributed by atoms with E-state index < -0.39 is 4.92 Å². The molecular weight excluding hydrogens is 232 g/mol. The number of nitrogens with two attached hydrogens (primary N) is 1. The summed E-state index contributed by atoms with van der Waals surface area (Å²) >= 11 is 0. The van der Waals surface area contributed by atoms with Gasteiger partial charge in [0, 0.05) is 6.07 Å². The molecule has 0 unspecified atom stereocenters. The van der Waals surface area contributed by atoms with Gasteiger partial charge in [0.05, 0.1) is 21.5 Å². The zero-order chi connectivity index (χ0) is 12.7. The van der Waals surface area contributed by atoms with Crippen LogP contribution in [0.1, 0.15) is 0 Å². The number of nitro benzene ring substituents is 1. The van der Waals surface area contributed by atoms with Gasteiger partial charge in [-0.05, 0) is 18.2 Å². The lowest BCUT2D eigenvalue weighted by molar-refractivity contribution is -0.383. The zero-order valence-electron chi connectivity index (χ0n) is 9.20. The number of para-hydroxylation sites is 2. The van der Waals surface area contributed by atoms with Gasteiger partial charge in [0.15, 0.2) is 0 Å². The average molecular weight is 240 g/mol. The molecule has 0 atom stereocenters. The second-order valence-electron chi connectivity index (χ2n) is 3.84. The fourth-order valence-corrected chi connectivity index (χ4v) is 1.86. The third kappa shape index (κ3) is 1.43. The molecule has 0 radical (unpaired) electrons. The first-order valence-corrected chi connectivity index (χ1v) is 5.26. The van der Waals surface area contributed by atoms with E-state index in [2.05, 4.69) is 9.97 Å². The summed E-state index contributed by atoms with van der Waals surface area (Å²) in [5.41, 5.74) is 7.99. The molecule has 88 valence electrons. The summed E-state index contributed by atoms with van der Waals surface area (Å²) in [5, 5.41) is 10.8. The molecule has 0 saturated carbocycles. The first-order valence-electron chi connectivity index (χ1n) is 5.26. The Labute approximate surface area is 101 Å². The smallest absolute Gasteiger partial charge is 0.294 e. The standard InChI is InChI=1S/C12H8N4O2/c13-11-10(16(17)18)6-5-9-12(11)15-8-4-2-1-3-7(8)14-9/h1-6H,13H2.